The highest BCUT2D eigenvalue weighted by molar-refractivity contribution is 5.85. The molecule has 1 atom stereocenters. The minimum absolute atomic E-state index is 0.0471. The number of carboxylic acid groups (broad SMARTS) is 1. The molecule has 0 radical (unpaired) electrons. The molecule has 2 rings (SSSR count). The van der Waals surface area contributed by atoms with Crippen LogP contribution in [-0.2, 0) is 20.9 Å². The number of likely N-dealkylation sites (tertiary alicyclic amines) is 1. The molecule has 2 heterocycles. The molecule has 0 spiro atoms. The van der Waals surface area contributed by atoms with E-state index < -0.39 is 11.9 Å². The van der Waals surface area contributed by atoms with Gasteiger partial charge in [-0.3, -0.25) is 14.4 Å². The Morgan fingerprint density at radius 1 is 1.41 bits per heavy atom. The van der Waals surface area contributed by atoms with Crippen molar-refractivity contribution in [2.24, 2.45) is 5.92 Å². The van der Waals surface area contributed by atoms with Gasteiger partial charge in [-0.15, -0.1) is 5.10 Å². The van der Waals surface area contributed by atoms with Crippen LogP contribution in [0.4, 0.5) is 0 Å². The summed E-state index contributed by atoms with van der Waals surface area (Å²) in [4.78, 5) is 37.9. The quantitative estimate of drug-likeness (QED) is 0.699. The predicted octanol–water partition coefficient (Wildman–Crippen LogP) is -1.55. The van der Waals surface area contributed by atoms with E-state index in [1.165, 1.54) is 27.9 Å². The summed E-state index contributed by atoms with van der Waals surface area (Å²) in [7, 11) is 1.52. The minimum Gasteiger partial charge on any atom is -0.481 e. The number of hydrogen-bond acceptors (Lipinski definition) is 6. The number of hydrogen-bond donors (Lipinski definition) is 1. The van der Waals surface area contributed by atoms with Crippen molar-refractivity contribution >= 4 is 17.8 Å². The van der Waals surface area contributed by atoms with E-state index in [-0.39, 0.29) is 31.4 Å². The maximum Gasteiger partial charge on any atom is 0.308 e. The zero-order chi connectivity index (χ0) is 16.1. The van der Waals surface area contributed by atoms with Gasteiger partial charge >= 0.3 is 5.97 Å². The van der Waals surface area contributed by atoms with Gasteiger partial charge in [-0.05, 0) is 23.3 Å². The summed E-state index contributed by atoms with van der Waals surface area (Å²) in [6.45, 7) is 0.586. The van der Waals surface area contributed by atoms with E-state index in [0.717, 1.165) is 0 Å². The lowest BCUT2D eigenvalue weighted by molar-refractivity contribution is -0.147. The number of carbonyl (C=O) groups is 3. The van der Waals surface area contributed by atoms with Crippen molar-refractivity contribution in [2.45, 2.75) is 19.4 Å². The topological polar surface area (TPSA) is 122 Å². The van der Waals surface area contributed by atoms with Crippen molar-refractivity contribution < 1.29 is 19.5 Å². The summed E-state index contributed by atoms with van der Waals surface area (Å²) >= 11 is 0. The number of aromatic nitrogens is 4. The third-order valence-electron chi connectivity index (χ3n) is 3.61. The number of rotatable bonds is 5. The lowest BCUT2D eigenvalue weighted by Crippen LogP contribution is -2.47. The lowest BCUT2D eigenvalue weighted by atomic mass is 9.98. The minimum atomic E-state index is -0.888. The Balaban J connectivity index is 1.85. The van der Waals surface area contributed by atoms with Gasteiger partial charge in [0.1, 0.15) is 12.9 Å². The van der Waals surface area contributed by atoms with Crippen LogP contribution >= 0.6 is 0 Å². The van der Waals surface area contributed by atoms with E-state index in [9.17, 15) is 14.4 Å². The second-order valence-corrected chi connectivity index (χ2v) is 5.27. The molecule has 0 aliphatic carbocycles. The highest BCUT2D eigenvalue weighted by atomic mass is 16.4. The average molecular weight is 310 g/mol. The number of aliphatic carboxylic acids is 1. The molecule has 1 aromatic heterocycles. The van der Waals surface area contributed by atoms with Gasteiger partial charge in [-0.25, -0.2) is 4.68 Å². The fourth-order valence-electron chi connectivity index (χ4n) is 2.31. The number of tetrazole rings is 1. The van der Waals surface area contributed by atoms with Crippen molar-refractivity contribution in [1.29, 1.82) is 0 Å². The molecule has 1 aromatic rings. The van der Waals surface area contributed by atoms with Crippen molar-refractivity contribution in [1.82, 2.24) is 30.0 Å². The molecule has 1 N–H and O–H groups in total. The molecular weight excluding hydrogens is 292 g/mol. The Labute approximate surface area is 126 Å². The summed E-state index contributed by atoms with van der Waals surface area (Å²) in [5.74, 6) is -1.97. The normalized spacial score (nSPS) is 18.0. The zero-order valence-electron chi connectivity index (χ0n) is 12.3. The number of carbonyl (C=O) groups excluding carboxylic acids is 2. The standard InChI is InChI=1S/C12H18N6O4/c1-16(10(19)7-18-8-13-14-15-18)6-11(20)17-4-2-3-9(5-17)12(21)22/h8-9H,2-7H2,1H3,(H,21,22). The first kappa shape index (κ1) is 15.9. The van der Waals surface area contributed by atoms with Crippen LogP contribution in [0.5, 0.6) is 0 Å². The van der Waals surface area contributed by atoms with Crippen molar-refractivity contribution in [2.75, 3.05) is 26.7 Å². The van der Waals surface area contributed by atoms with E-state index in [4.69, 9.17) is 5.11 Å². The molecule has 120 valence electrons. The van der Waals surface area contributed by atoms with Crippen LogP contribution in [0.3, 0.4) is 0 Å². The lowest BCUT2D eigenvalue weighted by Gasteiger charge is -2.32. The Kier molecular flexibility index (Phi) is 5.02. The highest BCUT2D eigenvalue weighted by Crippen LogP contribution is 2.16. The smallest absolute Gasteiger partial charge is 0.308 e. The molecular formula is C12H18N6O4. The van der Waals surface area contributed by atoms with E-state index >= 15 is 0 Å². The Morgan fingerprint density at radius 3 is 2.82 bits per heavy atom. The fourth-order valence-corrected chi connectivity index (χ4v) is 2.31. The van der Waals surface area contributed by atoms with Gasteiger partial charge in [-0.2, -0.15) is 0 Å². The molecule has 2 amide bonds. The summed E-state index contributed by atoms with van der Waals surface area (Å²) < 4.78 is 1.27. The van der Waals surface area contributed by atoms with E-state index in [0.29, 0.717) is 19.4 Å². The maximum absolute atomic E-state index is 12.2. The zero-order valence-corrected chi connectivity index (χ0v) is 12.3. The molecule has 10 nitrogen and oxygen atoms in total. The third-order valence-corrected chi connectivity index (χ3v) is 3.61. The van der Waals surface area contributed by atoms with E-state index in [2.05, 4.69) is 15.5 Å². The number of nitrogens with zero attached hydrogens (tertiary/aromatic N) is 6. The van der Waals surface area contributed by atoms with Crippen LogP contribution in [0.15, 0.2) is 6.33 Å². The van der Waals surface area contributed by atoms with Crippen molar-refractivity contribution in [3.8, 4) is 0 Å². The van der Waals surface area contributed by atoms with Crippen LogP contribution in [-0.4, -0.2) is 79.6 Å². The Hall–Kier alpha value is -2.52. The summed E-state index contributed by atoms with van der Waals surface area (Å²) in [5, 5.41) is 19.5. The first-order valence-corrected chi connectivity index (χ1v) is 6.92. The Morgan fingerprint density at radius 2 is 2.18 bits per heavy atom. The molecule has 1 unspecified atom stereocenters. The first-order valence-electron chi connectivity index (χ1n) is 6.92. The molecule has 1 aliphatic heterocycles. The molecule has 22 heavy (non-hydrogen) atoms. The molecule has 0 bridgehead atoms. The molecule has 1 aliphatic rings. The van der Waals surface area contributed by atoms with Crippen LogP contribution in [0.2, 0.25) is 0 Å². The SMILES string of the molecule is CN(CC(=O)N1CCCC(C(=O)O)C1)C(=O)Cn1cnnn1. The highest BCUT2D eigenvalue weighted by Gasteiger charge is 2.28. The van der Waals surface area contributed by atoms with E-state index in [1.54, 1.807) is 0 Å². The summed E-state index contributed by atoms with van der Waals surface area (Å²) in [5.41, 5.74) is 0. The summed E-state index contributed by atoms with van der Waals surface area (Å²) in [6.07, 6.45) is 2.55. The molecule has 0 saturated carbocycles. The first-order chi connectivity index (χ1) is 10.5. The average Bonchev–Trinajstić information content (AvgIpc) is 3.00. The van der Waals surface area contributed by atoms with Crippen LogP contribution in [0, 0.1) is 5.92 Å². The summed E-state index contributed by atoms with van der Waals surface area (Å²) in [6, 6.07) is 0. The Bertz CT molecular complexity index is 546. The van der Waals surface area contributed by atoms with Crippen LogP contribution in [0.25, 0.3) is 0 Å². The van der Waals surface area contributed by atoms with Crippen LogP contribution in [0.1, 0.15) is 12.8 Å². The monoisotopic (exact) mass is 310 g/mol. The number of carboxylic acids is 1. The van der Waals surface area contributed by atoms with Crippen LogP contribution < -0.4 is 0 Å². The van der Waals surface area contributed by atoms with Gasteiger partial charge < -0.3 is 14.9 Å². The molecule has 1 saturated heterocycles. The number of likely N-dealkylation sites (N-methyl/N-ethyl adjacent to an activating group) is 1. The van der Waals surface area contributed by atoms with Crippen molar-refractivity contribution in [3.05, 3.63) is 6.33 Å². The van der Waals surface area contributed by atoms with Gasteiger partial charge in [0.25, 0.3) is 0 Å². The van der Waals surface area contributed by atoms with Crippen molar-refractivity contribution in [3.63, 3.8) is 0 Å². The molecule has 1 fully saturated rings. The van der Waals surface area contributed by atoms with Gasteiger partial charge in [0.2, 0.25) is 11.8 Å². The van der Waals surface area contributed by atoms with Gasteiger partial charge in [-0.1, -0.05) is 0 Å². The molecule has 10 heteroatoms. The maximum atomic E-state index is 12.2. The van der Waals surface area contributed by atoms with Gasteiger partial charge in [0.15, 0.2) is 0 Å². The number of piperidine rings is 1. The largest absolute Gasteiger partial charge is 0.481 e. The second kappa shape index (κ2) is 6.96. The molecule has 0 aromatic carbocycles. The third kappa shape index (κ3) is 3.99. The van der Waals surface area contributed by atoms with E-state index in [1.807, 2.05) is 0 Å². The predicted molar refractivity (Wildman–Crippen MR) is 72.4 cm³/mol. The second-order valence-electron chi connectivity index (χ2n) is 5.27. The van der Waals surface area contributed by atoms with Gasteiger partial charge in [0, 0.05) is 20.1 Å². The number of amides is 2. The fraction of sp³-hybridized carbons (Fsp3) is 0.667. The van der Waals surface area contributed by atoms with Gasteiger partial charge in [0.05, 0.1) is 12.5 Å².